The van der Waals surface area contributed by atoms with Gasteiger partial charge in [0.2, 0.25) is 10.0 Å². The number of piperidine rings is 1. The highest BCUT2D eigenvalue weighted by molar-refractivity contribution is 7.91. The average Bonchev–Trinajstić information content (AvgIpc) is 3.49. The fourth-order valence-electron chi connectivity index (χ4n) is 3.83. The molecule has 0 unspecified atom stereocenters. The minimum atomic E-state index is -3.68. The first-order valence-corrected chi connectivity index (χ1v) is 13.2. The number of aromatic nitrogens is 3. The summed E-state index contributed by atoms with van der Waals surface area (Å²) < 4.78 is 30.3. The van der Waals surface area contributed by atoms with Gasteiger partial charge in [-0.15, -0.1) is 11.3 Å². The van der Waals surface area contributed by atoms with E-state index in [9.17, 15) is 8.42 Å². The monoisotopic (exact) mass is 527 g/mol. The number of hydrogen-bond acceptors (Lipinski definition) is 6. The molecule has 0 aromatic carbocycles. The lowest BCUT2D eigenvalue weighted by atomic mass is 10.0. The third-order valence-electron chi connectivity index (χ3n) is 5.43. The zero-order valence-electron chi connectivity index (χ0n) is 18.0. The van der Waals surface area contributed by atoms with Gasteiger partial charge in [-0.1, -0.05) is 23.2 Å². The second-order valence-corrected chi connectivity index (χ2v) is 11.6. The van der Waals surface area contributed by atoms with E-state index in [-0.39, 0.29) is 19.6 Å². The summed E-state index contributed by atoms with van der Waals surface area (Å²) in [5, 5.41) is 4.46. The molecule has 33 heavy (non-hydrogen) atoms. The molecule has 0 aliphatic carbocycles. The molecule has 176 valence electrons. The van der Waals surface area contributed by atoms with E-state index in [0.717, 1.165) is 34.0 Å². The van der Waals surface area contributed by atoms with E-state index in [1.807, 2.05) is 19.3 Å². The van der Waals surface area contributed by atoms with Crippen molar-refractivity contribution in [2.45, 2.75) is 23.1 Å². The fourth-order valence-corrected chi connectivity index (χ4v) is 7.03. The number of aromatic amines is 1. The molecule has 1 fully saturated rings. The van der Waals surface area contributed by atoms with E-state index in [1.54, 1.807) is 17.9 Å². The first-order chi connectivity index (χ1) is 15.7. The maximum absolute atomic E-state index is 12.7. The van der Waals surface area contributed by atoms with Gasteiger partial charge >= 0.3 is 0 Å². The van der Waals surface area contributed by atoms with Crippen LogP contribution in [0.2, 0.25) is 9.36 Å². The number of thiophene rings is 1. The molecule has 13 heteroatoms. The molecular weight excluding hydrogens is 505 g/mol. The molecule has 3 aromatic heterocycles. The van der Waals surface area contributed by atoms with Crippen molar-refractivity contribution in [1.82, 2.24) is 24.4 Å². The van der Waals surface area contributed by atoms with Gasteiger partial charge in [0.1, 0.15) is 20.2 Å². The molecule has 9 nitrogen and oxygen atoms in total. The van der Waals surface area contributed by atoms with Crippen LogP contribution < -0.4 is 4.72 Å². The number of aryl methyl sites for hydroxylation is 1. The molecule has 1 aliphatic rings. The van der Waals surface area contributed by atoms with Gasteiger partial charge in [0.25, 0.3) is 0 Å². The predicted octanol–water partition coefficient (Wildman–Crippen LogP) is 3.93. The van der Waals surface area contributed by atoms with Gasteiger partial charge in [-0.25, -0.2) is 18.1 Å². The van der Waals surface area contributed by atoms with Crippen LogP contribution in [0.5, 0.6) is 0 Å². The minimum absolute atomic E-state index is 0.118. The molecule has 3 aromatic rings. The highest BCUT2D eigenvalue weighted by Crippen LogP contribution is 2.34. The summed E-state index contributed by atoms with van der Waals surface area (Å²) in [4.78, 5) is 14.1. The first kappa shape index (κ1) is 24.0. The average molecular weight is 528 g/mol. The van der Waals surface area contributed by atoms with Gasteiger partial charge in [-0.2, -0.15) is 5.10 Å². The molecule has 0 atom stereocenters. The zero-order valence-corrected chi connectivity index (χ0v) is 21.2. The van der Waals surface area contributed by atoms with Crippen molar-refractivity contribution >= 4 is 62.9 Å². The standard InChI is InChI=1S/C20H23Cl2N7O2S2/c1-23-19-14(8-16(26-19)12-10-25-28(3)11-12)20(24-2)29-6-4-13(5-7-29)27-33(30,31)17-9-15(21)18(22)32-17/h8-11,13,26-27H,1,4-7H2,2-3H3/b24-20+. The van der Waals surface area contributed by atoms with Crippen LogP contribution in [-0.4, -0.2) is 66.8 Å². The highest BCUT2D eigenvalue weighted by atomic mass is 35.5. The molecule has 0 radical (unpaired) electrons. The summed E-state index contributed by atoms with van der Waals surface area (Å²) in [6.07, 6.45) is 4.94. The number of likely N-dealkylation sites (tertiary alicyclic amines) is 1. The number of hydrogen-bond donors (Lipinski definition) is 2. The van der Waals surface area contributed by atoms with Crippen molar-refractivity contribution in [3.05, 3.63) is 39.4 Å². The van der Waals surface area contributed by atoms with Crippen LogP contribution in [0.3, 0.4) is 0 Å². The quantitative estimate of drug-likeness (QED) is 0.373. The normalized spacial score (nSPS) is 15.9. The topological polar surface area (TPSA) is 108 Å². The SMILES string of the molecule is C=Nc1[nH]c(-c2cnn(C)c2)cc1/C(=N\C)N1CCC(NS(=O)(=O)c2cc(Cl)c(Cl)s2)CC1. The Balaban J connectivity index is 1.47. The van der Waals surface area contributed by atoms with Crippen LogP contribution in [0.1, 0.15) is 18.4 Å². The van der Waals surface area contributed by atoms with E-state index >= 15 is 0 Å². The van der Waals surface area contributed by atoms with Crippen LogP contribution >= 0.6 is 34.5 Å². The molecule has 0 saturated carbocycles. The van der Waals surface area contributed by atoms with Crippen LogP contribution in [0.15, 0.2) is 38.7 Å². The van der Waals surface area contributed by atoms with Crippen molar-refractivity contribution in [3.8, 4) is 11.3 Å². The van der Waals surface area contributed by atoms with Gasteiger partial charge in [0, 0.05) is 45.0 Å². The second-order valence-electron chi connectivity index (χ2n) is 7.62. The Bertz CT molecular complexity index is 1280. The van der Waals surface area contributed by atoms with Crippen LogP contribution in [0, 0.1) is 0 Å². The predicted molar refractivity (Wildman–Crippen MR) is 134 cm³/mol. The van der Waals surface area contributed by atoms with E-state index in [4.69, 9.17) is 23.2 Å². The van der Waals surface area contributed by atoms with Crippen molar-refractivity contribution in [2.75, 3.05) is 20.1 Å². The van der Waals surface area contributed by atoms with Gasteiger partial charge in [-0.3, -0.25) is 9.67 Å². The summed E-state index contributed by atoms with van der Waals surface area (Å²) in [6, 6.07) is 3.17. The second kappa shape index (κ2) is 9.59. The lowest BCUT2D eigenvalue weighted by Gasteiger charge is -2.34. The molecule has 4 heterocycles. The summed E-state index contributed by atoms with van der Waals surface area (Å²) in [5.41, 5.74) is 2.65. The lowest BCUT2D eigenvalue weighted by molar-refractivity contribution is 0.302. The largest absolute Gasteiger partial charge is 0.356 e. The van der Waals surface area contributed by atoms with Crippen molar-refractivity contribution in [1.29, 1.82) is 0 Å². The summed E-state index contributed by atoms with van der Waals surface area (Å²) >= 11 is 12.8. The Morgan fingerprint density at radius 2 is 2.06 bits per heavy atom. The van der Waals surface area contributed by atoms with Crippen molar-refractivity contribution in [2.24, 2.45) is 17.0 Å². The molecule has 1 aliphatic heterocycles. The maximum Gasteiger partial charge on any atom is 0.250 e. The number of amidine groups is 1. The smallest absolute Gasteiger partial charge is 0.250 e. The Morgan fingerprint density at radius 1 is 1.33 bits per heavy atom. The number of rotatable bonds is 6. The molecule has 0 bridgehead atoms. The Kier molecular flexibility index (Phi) is 6.96. The molecule has 2 N–H and O–H groups in total. The molecule has 0 amide bonds. The Morgan fingerprint density at radius 3 is 2.61 bits per heavy atom. The van der Waals surface area contributed by atoms with Gasteiger partial charge in [-0.05, 0) is 31.7 Å². The minimum Gasteiger partial charge on any atom is -0.356 e. The summed E-state index contributed by atoms with van der Waals surface area (Å²) in [5.74, 6) is 1.41. The van der Waals surface area contributed by atoms with E-state index in [2.05, 4.69) is 36.4 Å². The third kappa shape index (κ3) is 5.02. The summed E-state index contributed by atoms with van der Waals surface area (Å²) in [7, 11) is -0.0841. The maximum atomic E-state index is 12.7. The van der Waals surface area contributed by atoms with E-state index in [0.29, 0.717) is 31.7 Å². The van der Waals surface area contributed by atoms with E-state index in [1.165, 1.54) is 6.07 Å². The van der Waals surface area contributed by atoms with Gasteiger partial charge < -0.3 is 9.88 Å². The molecule has 4 rings (SSSR count). The van der Waals surface area contributed by atoms with Gasteiger partial charge in [0.15, 0.2) is 0 Å². The number of nitrogens with zero attached hydrogens (tertiary/aromatic N) is 5. The highest BCUT2D eigenvalue weighted by Gasteiger charge is 2.29. The third-order valence-corrected chi connectivity index (χ3v) is 9.29. The van der Waals surface area contributed by atoms with Crippen LogP contribution in [0.4, 0.5) is 5.82 Å². The Hall–Kier alpha value is -2.18. The number of sulfonamides is 1. The summed E-state index contributed by atoms with van der Waals surface area (Å²) in [6.45, 7) is 4.95. The molecular formula is C20H23Cl2N7O2S2. The Labute approximate surface area is 206 Å². The molecule has 1 saturated heterocycles. The first-order valence-electron chi connectivity index (χ1n) is 10.1. The number of H-pyrrole nitrogens is 1. The van der Waals surface area contributed by atoms with Crippen molar-refractivity contribution < 1.29 is 8.42 Å². The molecule has 0 spiro atoms. The zero-order chi connectivity index (χ0) is 23.8. The number of halogens is 2. The van der Waals surface area contributed by atoms with Crippen LogP contribution in [0.25, 0.3) is 11.3 Å². The van der Waals surface area contributed by atoms with Crippen LogP contribution in [-0.2, 0) is 17.1 Å². The van der Waals surface area contributed by atoms with Crippen molar-refractivity contribution in [3.63, 3.8) is 0 Å². The number of aliphatic imine (C=N–C) groups is 2. The fraction of sp³-hybridized carbons (Fsp3) is 0.350. The van der Waals surface area contributed by atoms with Gasteiger partial charge in [0.05, 0.1) is 22.5 Å². The number of nitrogens with one attached hydrogen (secondary N) is 2. The lowest BCUT2D eigenvalue weighted by Crippen LogP contribution is -2.46. The van der Waals surface area contributed by atoms with E-state index < -0.39 is 10.0 Å².